The van der Waals surface area contributed by atoms with Crippen LogP contribution in [0, 0.1) is 0 Å². The Labute approximate surface area is 288 Å². The minimum Gasteiger partial charge on any atom is -0.448 e. The van der Waals surface area contributed by atoms with Crippen LogP contribution in [0.4, 0.5) is 0 Å². The van der Waals surface area contributed by atoms with E-state index in [1.165, 1.54) is 16.7 Å². The third-order valence-electron chi connectivity index (χ3n) is 8.66. The maximum absolute atomic E-state index is 14.4. The highest BCUT2D eigenvalue weighted by Gasteiger charge is 2.54. The average Bonchev–Trinajstić information content (AvgIpc) is 3.42. The first kappa shape index (κ1) is 31.9. The first-order valence-electron chi connectivity index (χ1n) is 15.9. The van der Waals surface area contributed by atoms with E-state index in [1.54, 1.807) is 13.0 Å². The Hall–Kier alpha value is -5.67. The Morgan fingerprint density at radius 3 is 2.06 bits per heavy atom. The molecule has 4 aromatic rings. The summed E-state index contributed by atoms with van der Waals surface area (Å²) in [5.41, 5.74) is 4.68. The number of hydrogen-bond acceptors (Lipinski definition) is 7. The highest BCUT2D eigenvalue weighted by Crippen LogP contribution is 2.43. The Bertz CT molecular complexity index is 1970. The van der Waals surface area contributed by atoms with Gasteiger partial charge in [-0.1, -0.05) is 121 Å². The molecule has 4 aromatic carbocycles. The number of rotatable bonds is 9. The van der Waals surface area contributed by atoms with E-state index < -0.39 is 35.4 Å². The van der Waals surface area contributed by atoms with Crippen molar-refractivity contribution in [3.8, 4) is 0 Å². The third-order valence-corrected chi connectivity index (χ3v) is 9.97. The maximum Gasteiger partial charge on any atom is 0.356 e. The molecule has 1 saturated heterocycles. The summed E-state index contributed by atoms with van der Waals surface area (Å²) in [4.78, 5) is 55.5. The highest BCUT2D eigenvalue weighted by molar-refractivity contribution is 8.00. The standard InChI is InChI=1S/C40H32N2O6S/c1-25-31(47-39(45)33(25)27-16-8-3-9-17-27)23-30-24-49-38-34(41-32(43)22-26-14-6-2-7-15-26)37(44)42(38)35(30)40(46)48-36(28-18-10-4-11-19-28)29-20-12-5-13-21-29/h2-21,23,34,36,38H,22,24H2,1H3,(H,41,43)/t34-,38+/m1/s1. The Morgan fingerprint density at radius 2 is 1.45 bits per heavy atom. The molecule has 2 amide bonds. The zero-order chi connectivity index (χ0) is 33.9. The van der Waals surface area contributed by atoms with Crippen LogP contribution in [-0.2, 0) is 35.1 Å². The number of nitrogens with one attached hydrogen (secondary N) is 1. The van der Waals surface area contributed by atoms with E-state index in [9.17, 15) is 19.2 Å². The zero-order valence-corrected chi connectivity index (χ0v) is 27.4. The number of amides is 2. The Morgan fingerprint density at radius 1 is 0.878 bits per heavy atom. The topological polar surface area (TPSA) is 102 Å². The largest absolute Gasteiger partial charge is 0.448 e. The van der Waals surface area contributed by atoms with E-state index in [2.05, 4.69) is 5.32 Å². The molecular formula is C40H32N2O6S. The maximum atomic E-state index is 14.4. The summed E-state index contributed by atoms with van der Waals surface area (Å²) < 4.78 is 12.0. The van der Waals surface area contributed by atoms with E-state index in [0.29, 0.717) is 28.2 Å². The van der Waals surface area contributed by atoms with Crippen molar-refractivity contribution in [3.05, 3.63) is 172 Å². The number of carbonyl (C=O) groups is 4. The van der Waals surface area contributed by atoms with Gasteiger partial charge >= 0.3 is 11.9 Å². The molecule has 0 spiro atoms. The summed E-state index contributed by atoms with van der Waals surface area (Å²) in [5.74, 6) is -1.29. The first-order valence-corrected chi connectivity index (χ1v) is 17.0. The number of fused-ring (bicyclic) bond motifs is 1. The van der Waals surface area contributed by atoms with E-state index in [1.807, 2.05) is 121 Å². The van der Waals surface area contributed by atoms with Crippen LogP contribution in [0.25, 0.3) is 5.57 Å². The van der Waals surface area contributed by atoms with Crippen LogP contribution >= 0.6 is 11.8 Å². The van der Waals surface area contributed by atoms with Crippen molar-refractivity contribution >= 4 is 41.1 Å². The quantitative estimate of drug-likeness (QED) is 0.169. The van der Waals surface area contributed by atoms with Gasteiger partial charge < -0.3 is 14.8 Å². The summed E-state index contributed by atoms with van der Waals surface area (Å²) in [5, 5.41) is 2.35. The molecule has 49 heavy (non-hydrogen) atoms. The number of allylic oxidation sites excluding steroid dienone is 2. The number of hydrogen-bond donors (Lipinski definition) is 1. The van der Waals surface area contributed by atoms with E-state index in [4.69, 9.17) is 9.47 Å². The number of carbonyl (C=O) groups excluding carboxylic acids is 4. The molecule has 0 bridgehead atoms. The molecule has 1 fully saturated rings. The molecule has 3 aliphatic heterocycles. The van der Waals surface area contributed by atoms with Gasteiger partial charge in [-0.15, -0.1) is 11.8 Å². The van der Waals surface area contributed by atoms with Crippen LogP contribution in [0.3, 0.4) is 0 Å². The summed E-state index contributed by atoms with van der Waals surface area (Å²) in [6.07, 6.45) is 1.02. The number of β-lactam (4-membered cyclic amide) rings is 1. The molecule has 1 N–H and O–H groups in total. The van der Waals surface area contributed by atoms with Gasteiger partial charge in [-0.3, -0.25) is 14.5 Å². The lowest BCUT2D eigenvalue weighted by molar-refractivity contribution is -0.154. The molecular weight excluding hydrogens is 637 g/mol. The van der Waals surface area contributed by atoms with E-state index in [-0.39, 0.29) is 18.0 Å². The molecule has 0 radical (unpaired) electrons. The SMILES string of the molecule is CC1=C(c2ccccc2)C(=O)OC1=CC1=C(C(=O)OC(c2ccccc2)c2ccccc2)N2C(=O)[C@@H](NC(=O)Cc3ccccc3)[C@@H]2SC1. The van der Waals surface area contributed by atoms with Crippen molar-refractivity contribution in [2.24, 2.45) is 0 Å². The minimum absolute atomic E-state index is 0.0590. The fourth-order valence-electron chi connectivity index (χ4n) is 6.23. The van der Waals surface area contributed by atoms with Crippen molar-refractivity contribution in [2.45, 2.75) is 30.9 Å². The molecule has 0 aromatic heterocycles. The Balaban J connectivity index is 1.24. The second kappa shape index (κ2) is 13.8. The number of benzene rings is 4. The van der Waals surface area contributed by atoms with Crippen molar-refractivity contribution in [2.75, 3.05) is 5.75 Å². The van der Waals surface area contributed by atoms with Crippen LogP contribution in [-0.4, -0.2) is 45.8 Å². The number of esters is 2. The smallest absolute Gasteiger partial charge is 0.356 e. The predicted octanol–water partition coefficient (Wildman–Crippen LogP) is 6.13. The molecule has 8 nitrogen and oxygen atoms in total. The number of ether oxygens (including phenoxy) is 2. The zero-order valence-electron chi connectivity index (χ0n) is 26.6. The molecule has 0 unspecified atom stereocenters. The molecule has 3 heterocycles. The second-order valence-corrected chi connectivity index (χ2v) is 13.0. The first-order chi connectivity index (χ1) is 23.9. The van der Waals surface area contributed by atoms with Crippen molar-refractivity contribution in [1.82, 2.24) is 10.2 Å². The molecule has 244 valence electrons. The summed E-state index contributed by atoms with van der Waals surface area (Å²) in [6, 6.07) is 36.5. The Kier molecular flexibility index (Phi) is 9.00. The van der Waals surface area contributed by atoms with Crippen LogP contribution in [0.2, 0.25) is 0 Å². The van der Waals surface area contributed by atoms with Crippen molar-refractivity contribution in [1.29, 1.82) is 0 Å². The van der Waals surface area contributed by atoms with Crippen LogP contribution < -0.4 is 5.32 Å². The van der Waals surface area contributed by atoms with Crippen molar-refractivity contribution in [3.63, 3.8) is 0 Å². The normalized spacial score (nSPS) is 19.5. The van der Waals surface area contributed by atoms with E-state index in [0.717, 1.165) is 22.3 Å². The molecule has 2 atom stereocenters. The molecule has 7 rings (SSSR count). The minimum atomic E-state index is -0.812. The van der Waals surface area contributed by atoms with Gasteiger partial charge in [0.15, 0.2) is 6.10 Å². The number of nitrogens with zero attached hydrogens (tertiary/aromatic N) is 1. The second-order valence-electron chi connectivity index (χ2n) is 11.9. The molecule has 0 saturated carbocycles. The summed E-state index contributed by atoms with van der Waals surface area (Å²) >= 11 is 1.42. The lowest BCUT2D eigenvalue weighted by Gasteiger charge is -2.49. The lowest BCUT2D eigenvalue weighted by atomic mass is 9.99. The van der Waals surface area contributed by atoms with Gasteiger partial charge in [-0.05, 0) is 40.8 Å². The van der Waals surface area contributed by atoms with Crippen LogP contribution in [0.15, 0.2) is 150 Å². The fraction of sp³-hybridized carbons (Fsp3) is 0.150. The van der Waals surface area contributed by atoms with Gasteiger partial charge in [0, 0.05) is 11.3 Å². The van der Waals surface area contributed by atoms with Gasteiger partial charge in [-0.2, -0.15) is 0 Å². The summed E-state index contributed by atoms with van der Waals surface area (Å²) in [7, 11) is 0. The predicted molar refractivity (Wildman–Crippen MR) is 186 cm³/mol. The van der Waals surface area contributed by atoms with Gasteiger partial charge in [-0.25, -0.2) is 9.59 Å². The monoisotopic (exact) mass is 668 g/mol. The molecule has 9 heteroatoms. The number of cyclic esters (lactones) is 1. The molecule has 3 aliphatic rings. The third kappa shape index (κ3) is 6.45. The van der Waals surface area contributed by atoms with Gasteiger partial charge in [0.25, 0.3) is 5.91 Å². The van der Waals surface area contributed by atoms with Gasteiger partial charge in [0.1, 0.15) is 22.9 Å². The van der Waals surface area contributed by atoms with Crippen molar-refractivity contribution < 1.29 is 28.7 Å². The lowest BCUT2D eigenvalue weighted by Crippen LogP contribution is -2.70. The molecule has 0 aliphatic carbocycles. The van der Waals surface area contributed by atoms with Gasteiger partial charge in [0.05, 0.1) is 12.0 Å². The fourth-order valence-corrected chi connectivity index (χ4v) is 7.54. The summed E-state index contributed by atoms with van der Waals surface area (Å²) in [6.45, 7) is 1.80. The van der Waals surface area contributed by atoms with Gasteiger partial charge in [0.2, 0.25) is 5.91 Å². The average molecular weight is 669 g/mol. The van der Waals surface area contributed by atoms with Crippen LogP contribution in [0.5, 0.6) is 0 Å². The number of thioether (sulfide) groups is 1. The van der Waals surface area contributed by atoms with E-state index >= 15 is 0 Å². The van der Waals surface area contributed by atoms with Crippen LogP contribution in [0.1, 0.15) is 35.3 Å². The highest BCUT2D eigenvalue weighted by atomic mass is 32.2.